The summed E-state index contributed by atoms with van der Waals surface area (Å²) in [6, 6.07) is 7.77. The first-order valence-corrected chi connectivity index (χ1v) is 8.16. The van der Waals surface area contributed by atoms with E-state index in [0.717, 1.165) is 42.2 Å². The average molecular weight is 329 g/mol. The van der Waals surface area contributed by atoms with Gasteiger partial charge in [0, 0.05) is 25.2 Å². The van der Waals surface area contributed by atoms with E-state index < -0.39 is 0 Å². The van der Waals surface area contributed by atoms with Crippen LogP contribution in [0.2, 0.25) is 0 Å². The number of carbonyl (C=O) groups excluding carboxylic acids is 1. The quantitative estimate of drug-likeness (QED) is 0.878. The minimum atomic E-state index is -0.0752. The first kappa shape index (κ1) is 16.5. The predicted octanol–water partition coefficient (Wildman–Crippen LogP) is 1.85. The molecule has 0 saturated carbocycles. The van der Waals surface area contributed by atoms with E-state index in [1.807, 2.05) is 37.4 Å². The Labute approximate surface area is 141 Å². The number of nitrogens with zero attached hydrogens (tertiary/aromatic N) is 2. The van der Waals surface area contributed by atoms with Crippen molar-refractivity contribution in [2.24, 2.45) is 0 Å². The molecule has 1 N–H and O–H groups in total. The second kappa shape index (κ2) is 7.49. The largest absolute Gasteiger partial charge is 0.497 e. The average Bonchev–Trinajstić information content (AvgIpc) is 2.95. The number of ether oxygens (including phenoxy) is 2. The fourth-order valence-electron chi connectivity index (χ4n) is 2.96. The van der Waals surface area contributed by atoms with Crippen molar-refractivity contribution in [2.45, 2.75) is 39.0 Å². The van der Waals surface area contributed by atoms with E-state index in [4.69, 9.17) is 9.47 Å². The van der Waals surface area contributed by atoms with Gasteiger partial charge in [-0.2, -0.15) is 0 Å². The Balaban J connectivity index is 1.41. The van der Waals surface area contributed by atoms with Crippen LogP contribution in [0.5, 0.6) is 5.75 Å². The van der Waals surface area contributed by atoms with Gasteiger partial charge in [0.2, 0.25) is 5.91 Å². The number of carbonyl (C=O) groups is 1. The van der Waals surface area contributed by atoms with Gasteiger partial charge in [0.05, 0.1) is 19.4 Å². The third-order valence-electron chi connectivity index (χ3n) is 4.14. The minimum absolute atomic E-state index is 0.0678. The van der Waals surface area contributed by atoms with Gasteiger partial charge in [-0.15, -0.1) is 0 Å². The van der Waals surface area contributed by atoms with Crippen LogP contribution in [-0.2, 0) is 29.1 Å². The molecule has 0 spiro atoms. The summed E-state index contributed by atoms with van der Waals surface area (Å²) in [6.07, 6.45) is 3.85. The van der Waals surface area contributed by atoms with Gasteiger partial charge in [0.15, 0.2) is 0 Å². The van der Waals surface area contributed by atoms with E-state index in [0.29, 0.717) is 6.61 Å². The summed E-state index contributed by atoms with van der Waals surface area (Å²) in [5.74, 6) is 1.84. The smallest absolute Gasteiger partial charge is 0.246 e. The lowest BCUT2D eigenvalue weighted by Gasteiger charge is -2.24. The number of aromatic nitrogens is 2. The molecule has 6 heteroatoms. The predicted molar refractivity (Wildman–Crippen MR) is 89.9 cm³/mol. The topological polar surface area (TPSA) is 65.4 Å². The van der Waals surface area contributed by atoms with E-state index in [1.165, 1.54) is 0 Å². The lowest BCUT2D eigenvalue weighted by molar-refractivity contribution is -0.127. The van der Waals surface area contributed by atoms with Crippen LogP contribution in [-0.4, -0.2) is 35.2 Å². The molecule has 1 amide bonds. The highest BCUT2D eigenvalue weighted by Crippen LogP contribution is 2.15. The number of benzene rings is 1. The molecule has 1 aliphatic heterocycles. The number of hydrogen-bond acceptors (Lipinski definition) is 4. The van der Waals surface area contributed by atoms with E-state index in [9.17, 15) is 4.79 Å². The number of nitrogens with one attached hydrogen (secondary N) is 1. The summed E-state index contributed by atoms with van der Waals surface area (Å²) >= 11 is 0. The molecule has 0 saturated heterocycles. The standard InChI is InChI=1S/C18H23N3O3/c1-13-9-21-10-15(5-8-17(21)19-13)20-18(22)12-24-11-14-3-6-16(23-2)7-4-14/h3-4,6-7,9,15H,5,8,10-12H2,1-2H3,(H,20,22)/t15-/m1/s1. The number of fused-ring (bicyclic) bond motifs is 1. The maximum absolute atomic E-state index is 12.0. The number of methoxy groups -OCH3 is 1. The zero-order valence-corrected chi connectivity index (χ0v) is 14.1. The molecule has 1 aromatic heterocycles. The normalized spacial score (nSPS) is 16.5. The molecule has 3 rings (SSSR count). The number of hydrogen-bond donors (Lipinski definition) is 1. The van der Waals surface area contributed by atoms with Crippen molar-refractivity contribution in [3.63, 3.8) is 0 Å². The van der Waals surface area contributed by atoms with Gasteiger partial charge >= 0.3 is 0 Å². The molecule has 0 fully saturated rings. The summed E-state index contributed by atoms with van der Waals surface area (Å²) in [7, 11) is 1.63. The van der Waals surface area contributed by atoms with Crippen molar-refractivity contribution >= 4 is 5.91 Å². The maximum Gasteiger partial charge on any atom is 0.246 e. The molecule has 2 aromatic rings. The number of imidazole rings is 1. The second-order valence-electron chi connectivity index (χ2n) is 6.09. The molecule has 6 nitrogen and oxygen atoms in total. The fourth-order valence-corrected chi connectivity index (χ4v) is 2.96. The van der Waals surface area contributed by atoms with Crippen LogP contribution in [0, 0.1) is 6.92 Å². The van der Waals surface area contributed by atoms with Crippen molar-refractivity contribution in [3.8, 4) is 5.75 Å². The van der Waals surface area contributed by atoms with Gasteiger partial charge in [-0.1, -0.05) is 12.1 Å². The van der Waals surface area contributed by atoms with Crippen molar-refractivity contribution < 1.29 is 14.3 Å². The molecular weight excluding hydrogens is 306 g/mol. The molecule has 24 heavy (non-hydrogen) atoms. The highest BCUT2D eigenvalue weighted by molar-refractivity contribution is 5.77. The van der Waals surface area contributed by atoms with Crippen LogP contribution in [0.4, 0.5) is 0 Å². The van der Waals surface area contributed by atoms with Gasteiger partial charge in [-0.05, 0) is 31.0 Å². The van der Waals surface area contributed by atoms with Crippen LogP contribution < -0.4 is 10.1 Å². The van der Waals surface area contributed by atoms with Crippen LogP contribution in [0.15, 0.2) is 30.5 Å². The van der Waals surface area contributed by atoms with Crippen molar-refractivity contribution in [3.05, 3.63) is 47.5 Å². The summed E-state index contributed by atoms with van der Waals surface area (Å²) in [5.41, 5.74) is 2.04. The lowest BCUT2D eigenvalue weighted by Crippen LogP contribution is -2.42. The van der Waals surface area contributed by atoms with Crippen LogP contribution in [0.1, 0.15) is 23.5 Å². The fraction of sp³-hybridized carbons (Fsp3) is 0.444. The highest BCUT2D eigenvalue weighted by atomic mass is 16.5. The Morgan fingerprint density at radius 3 is 2.92 bits per heavy atom. The molecule has 0 aliphatic carbocycles. The number of amides is 1. The first-order chi connectivity index (χ1) is 11.6. The minimum Gasteiger partial charge on any atom is -0.497 e. The van der Waals surface area contributed by atoms with Gasteiger partial charge < -0.3 is 19.4 Å². The number of aryl methyl sites for hydroxylation is 2. The number of rotatable bonds is 6. The monoisotopic (exact) mass is 329 g/mol. The van der Waals surface area contributed by atoms with E-state index >= 15 is 0 Å². The van der Waals surface area contributed by atoms with Crippen molar-refractivity contribution in [1.82, 2.24) is 14.9 Å². The SMILES string of the molecule is COc1ccc(COCC(=O)N[C@@H]2CCc3nc(C)cn3C2)cc1. The molecule has 2 heterocycles. The third-order valence-corrected chi connectivity index (χ3v) is 4.14. The summed E-state index contributed by atoms with van der Waals surface area (Å²) in [5, 5.41) is 3.04. The molecule has 0 radical (unpaired) electrons. The molecular formula is C18H23N3O3. The third kappa shape index (κ3) is 4.14. The molecule has 1 aromatic carbocycles. The van der Waals surface area contributed by atoms with E-state index in [-0.39, 0.29) is 18.6 Å². The van der Waals surface area contributed by atoms with Gasteiger partial charge in [-0.25, -0.2) is 4.98 Å². The van der Waals surface area contributed by atoms with Crippen molar-refractivity contribution in [1.29, 1.82) is 0 Å². The molecule has 1 atom stereocenters. The summed E-state index contributed by atoms with van der Waals surface area (Å²) in [6.45, 7) is 3.25. The van der Waals surface area contributed by atoms with Gasteiger partial charge in [0.1, 0.15) is 18.2 Å². The van der Waals surface area contributed by atoms with Gasteiger partial charge in [0.25, 0.3) is 0 Å². The Kier molecular flexibility index (Phi) is 5.15. The van der Waals surface area contributed by atoms with Crippen LogP contribution in [0.25, 0.3) is 0 Å². The zero-order chi connectivity index (χ0) is 16.9. The summed E-state index contributed by atoms with van der Waals surface area (Å²) < 4.78 is 12.7. The molecule has 0 unspecified atom stereocenters. The molecule has 0 bridgehead atoms. The Hall–Kier alpha value is -2.34. The van der Waals surface area contributed by atoms with Crippen LogP contribution >= 0.6 is 0 Å². The zero-order valence-electron chi connectivity index (χ0n) is 14.1. The highest BCUT2D eigenvalue weighted by Gasteiger charge is 2.21. The Bertz CT molecular complexity index is 694. The maximum atomic E-state index is 12.0. The first-order valence-electron chi connectivity index (χ1n) is 8.16. The summed E-state index contributed by atoms with van der Waals surface area (Å²) in [4.78, 5) is 16.5. The Morgan fingerprint density at radius 2 is 2.17 bits per heavy atom. The lowest BCUT2D eigenvalue weighted by atomic mass is 10.1. The Morgan fingerprint density at radius 1 is 1.38 bits per heavy atom. The molecule has 1 aliphatic rings. The van der Waals surface area contributed by atoms with Crippen LogP contribution in [0.3, 0.4) is 0 Å². The van der Waals surface area contributed by atoms with E-state index in [1.54, 1.807) is 7.11 Å². The van der Waals surface area contributed by atoms with E-state index in [2.05, 4.69) is 14.9 Å². The molecule has 128 valence electrons. The van der Waals surface area contributed by atoms with Crippen molar-refractivity contribution in [2.75, 3.05) is 13.7 Å². The van der Waals surface area contributed by atoms with Gasteiger partial charge in [-0.3, -0.25) is 4.79 Å². The second-order valence-corrected chi connectivity index (χ2v) is 6.09.